The quantitative estimate of drug-likeness (QED) is 0.647. The lowest BCUT2D eigenvalue weighted by atomic mass is 9.75. The van der Waals surface area contributed by atoms with Gasteiger partial charge in [-0.05, 0) is 37.1 Å². The van der Waals surface area contributed by atoms with Crippen molar-refractivity contribution < 1.29 is 9.59 Å². The van der Waals surface area contributed by atoms with E-state index in [1.165, 1.54) is 6.42 Å². The molecule has 0 heterocycles. The molecule has 0 unspecified atom stereocenters. The molecule has 1 aromatic carbocycles. The van der Waals surface area contributed by atoms with Gasteiger partial charge in [-0.25, -0.2) is 0 Å². The Bertz CT molecular complexity index is 464. The van der Waals surface area contributed by atoms with E-state index < -0.39 is 0 Å². The lowest BCUT2D eigenvalue weighted by molar-refractivity contribution is -0.117. The van der Waals surface area contributed by atoms with E-state index in [0.29, 0.717) is 17.1 Å². The third-order valence-electron chi connectivity index (χ3n) is 4.03. The smallest absolute Gasteiger partial charge is 0.176 e. The molecule has 1 aliphatic carbocycles. The predicted octanol–water partition coefficient (Wildman–Crippen LogP) is 3.26. The van der Waals surface area contributed by atoms with E-state index in [1.807, 2.05) is 0 Å². The number of Topliss-reactive ketones (excluding diaryl/α,β-unsaturated/α-hetero) is 1. The van der Waals surface area contributed by atoms with Crippen molar-refractivity contribution in [2.24, 2.45) is 5.41 Å². The number of ketones is 1. The number of rotatable bonds is 6. The molecule has 0 aromatic heterocycles. The molecule has 0 spiro atoms. The first-order valence-corrected chi connectivity index (χ1v) is 7.49. The highest BCUT2D eigenvalue weighted by molar-refractivity contribution is 6.30. The van der Waals surface area contributed by atoms with Crippen LogP contribution in [0.25, 0.3) is 0 Å². The molecule has 1 N–H and O–H groups in total. The van der Waals surface area contributed by atoms with Gasteiger partial charge < -0.3 is 10.1 Å². The van der Waals surface area contributed by atoms with Crippen molar-refractivity contribution in [3.8, 4) is 0 Å². The largest absolute Gasteiger partial charge is 0.309 e. The van der Waals surface area contributed by atoms with Gasteiger partial charge in [0.25, 0.3) is 0 Å². The van der Waals surface area contributed by atoms with Crippen molar-refractivity contribution in [2.75, 3.05) is 13.1 Å². The van der Waals surface area contributed by atoms with Crippen LogP contribution in [0.5, 0.6) is 0 Å². The highest BCUT2D eigenvalue weighted by atomic mass is 35.5. The molecule has 0 atom stereocenters. The van der Waals surface area contributed by atoms with Gasteiger partial charge in [0.15, 0.2) is 5.78 Å². The SMILES string of the molecule is O=CC1(CNCC(=O)c2ccc(Cl)cc2)CCCCC1. The first kappa shape index (κ1) is 15.2. The molecule has 0 bridgehead atoms. The van der Waals surface area contributed by atoms with E-state index in [1.54, 1.807) is 24.3 Å². The first-order chi connectivity index (χ1) is 9.65. The molecule has 3 nitrogen and oxygen atoms in total. The summed E-state index contributed by atoms with van der Waals surface area (Å²) in [5, 5.41) is 3.77. The average molecular weight is 294 g/mol. The highest BCUT2D eigenvalue weighted by Gasteiger charge is 2.31. The van der Waals surface area contributed by atoms with E-state index in [-0.39, 0.29) is 17.7 Å². The fourth-order valence-corrected chi connectivity index (χ4v) is 2.88. The Balaban J connectivity index is 1.84. The molecule has 1 aliphatic rings. The summed E-state index contributed by atoms with van der Waals surface area (Å²) in [6.07, 6.45) is 6.35. The number of hydrogen-bond acceptors (Lipinski definition) is 3. The van der Waals surface area contributed by atoms with Crippen molar-refractivity contribution >= 4 is 23.7 Å². The molecular formula is C16H20ClNO2. The van der Waals surface area contributed by atoms with Gasteiger partial charge >= 0.3 is 0 Å². The Morgan fingerprint density at radius 1 is 1.20 bits per heavy atom. The molecule has 1 fully saturated rings. The Hall–Kier alpha value is -1.19. The molecule has 0 amide bonds. The highest BCUT2D eigenvalue weighted by Crippen LogP contribution is 2.33. The molecule has 108 valence electrons. The summed E-state index contributed by atoms with van der Waals surface area (Å²) >= 11 is 5.79. The second-order valence-corrected chi connectivity index (χ2v) is 6.01. The van der Waals surface area contributed by atoms with E-state index in [2.05, 4.69) is 5.32 Å². The maximum absolute atomic E-state index is 12.0. The van der Waals surface area contributed by atoms with E-state index in [9.17, 15) is 9.59 Å². The summed E-state index contributed by atoms with van der Waals surface area (Å²) in [5.41, 5.74) is 0.379. The minimum atomic E-state index is -0.265. The number of carbonyl (C=O) groups is 2. The van der Waals surface area contributed by atoms with Gasteiger partial charge in [-0.3, -0.25) is 4.79 Å². The molecule has 4 heteroatoms. The number of aldehydes is 1. The molecule has 0 aliphatic heterocycles. The Labute approximate surface area is 124 Å². The summed E-state index contributed by atoms with van der Waals surface area (Å²) in [6.45, 7) is 0.854. The molecule has 20 heavy (non-hydrogen) atoms. The van der Waals surface area contributed by atoms with Crippen molar-refractivity contribution in [1.29, 1.82) is 0 Å². The predicted molar refractivity (Wildman–Crippen MR) is 80.2 cm³/mol. The van der Waals surface area contributed by atoms with Gasteiger partial charge in [0, 0.05) is 22.5 Å². The summed E-state index contributed by atoms with van der Waals surface area (Å²) in [4.78, 5) is 23.3. The van der Waals surface area contributed by atoms with Gasteiger partial charge in [0.1, 0.15) is 6.29 Å². The van der Waals surface area contributed by atoms with Gasteiger partial charge in [-0.15, -0.1) is 0 Å². The van der Waals surface area contributed by atoms with Crippen LogP contribution in [0.4, 0.5) is 0 Å². The molecule has 1 saturated carbocycles. The van der Waals surface area contributed by atoms with E-state index in [0.717, 1.165) is 32.0 Å². The monoisotopic (exact) mass is 293 g/mol. The summed E-state index contributed by atoms with van der Waals surface area (Å²) in [5.74, 6) is 0.0264. The number of benzene rings is 1. The van der Waals surface area contributed by atoms with Crippen LogP contribution in [0.2, 0.25) is 5.02 Å². The maximum atomic E-state index is 12.0. The Kier molecular flexibility index (Phi) is 5.32. The van der Waals surface area contributed by atoms with Crippen LogP contribution in [0, 0.1) is 5.41 Å². The molecule has 2 rings (SSSR count). The standard InChI is InChI=1S/C16H20ClNO2/c17-14-6-4-13(5-7-14)15(20)10-18-11-16(12-19)8-2-1-3-9-16/h4-7,12,18H,1-3,8-11H2. The third-order valence-corrected chi connectivity index (χ3v) is 4.28. The Morgan fingerprint density at radius 3 is 2.45 bits per heavy atom. The van der Waals surface area contributed by atoms with E-state index in [4.69, 9.17) is 11.6 Å². The fraction of sp³-hybridized carbons (Fsp3) is 0.500. The van der Waals surface area contributed by atoms with Crippen molar-refractivity contribution in [3.05, 3.63) is 34.9 Å². The van der Waals surface area contributed by atoms with Crippen molar-refractivity contribution in [1.82, 2.24) is 5.32 Å². The number of nitrogens with one attached hydrogen (secondary N) is 1. The van der Waals surface area contributed by atoms with Crippen LogP contribution in [0.3, 0.4) is 0 Å². The van der Waals surface area contributed by atoms with Crippen LogP contribution in [0.15, 0.2) is 24.3 Å². The lowest BCUT2D eigenvalue weighted by Gasteiger charge is -2.32. The zero-order chi connectivity index (χ0) is 14.4. The molecule has 0 saturated heterocycles. The maximum Gasteiger partial charge on any atom is 0.176 e. The van der Waals surface area contributed by atoms with Crippen LogP contribution in [-0.2, 0) is 4.79 Å². The summed E-state index contributed by atoms with van der Waals surface area (Å²) in [6, 6.07) is 6.87. The van der Waals surface area contributed by atoms with Crippen LogP contribution >= 0.6 is 11.6 Å². The van der Waals surface area contributed by atoms with Gasteiger partial charge in [-0.1, -0.05) is 30.9 Å². The number of hydrogen-bond donors (Lipinski definition) is 1. The van der Waals surface area contributed by atoms with Crippen LogP contribution < -0.4 is 5.32 Å². The number of carbonyl (C=O) groups excluding carboxylic acids is 2. The Morgan fingerprint density at radius 2 is 1.85 bits per heavy atom. The van der Waals surface area contributed by atoms with Crippen LogP contribution in [-0.4, -0.2) is 25.2 Å². The van der Waals surface area contributed by atoms with Gasteiger partial charge in [0.2, 0.25) is 0 Å². The van der Waals surface area contributed by atoms with Gasteiger partial charge in [0.05, 0.1) is 6.54 Å². The minimum absolute atomic E-state index is 0.0264. The third kappa shape index (κ3) is 3.90. The summed E-state index contributed by atoms with van der Waals surface area (Å²) in [7, 11) is 0. The van der Waals surface area contributed by atoms with Crippen LogP contribution in [0.1, 0.15) is 42.5 Å². The topological polar surface area (TPSA) is 46.2 Å². The molecule has 1 aromatic rings. The zero-order valence-corrected chi connectivity index (χ0v) is 12.3. The summed E-state index contributed by atoms with van der Waals surface area (Å²) < 4.78 is 0. The zero-order valence-electron chi connectivity index (χ0n) is 11.5. The second kappa shape index (κ2) is 7.00. The van der Waals surface area contributed by atoms with Crippen molar-refractivity contribution in [3.63, 3.8) is 0 Å². The second-order valence-electron chi connectivity index (χ2n) is 5.57. The molecule has 0 radical (unpaired) electrons. The van der Waals surface area contributed by atoms with E-state index >= 15 is 0 Å². The normalized spacial score (nSPS) is 17.6. The fourth-order valence-electron chi connectivity index (χ4n) is 2.76. The lowest BCUT2D eigenvalue weighted by Crippen LogP contribution is -2.39. The number of halogens is 1. The van der Waals surface area contributed by atoms with Crippen molar-refractivity contribution in [2.45, 2.75) is 32.1 Å². The minimum Gasteiger partial charge on any atom is -0.309 e. The molecular weight excluding hydrogens is 274 g/mol. The average Bonchev–Trinajstić information content (AvgIpc) is 2.49. The van der Waals surface area contributed by atoms with Gasteiger partial charge in [-0.2, -0.15) is 0 Å². The first-order valence-electron chi connectivity index (χ1n) is 7.11.